The second kappa shape index (κ2) is 9.03. The Balaban J connectivity index is 1.81. The molecule has 2 aromatic rings. The molecule has 1 aromatic heterocycles. The highest BCUT2D eigenvalue weighted by atomic mass is 19.4. The van der Waals surface area contributed by atoms with Crippen LogP contribution >= 0.6 is 0 Å². The number of carbonyl (C=O) groups is 2. The molecule has 2 N–H and O–H groups in total. The zero-order valence-corrected chi connectivity index (χ0v) is 17.0. The van der Waals surface area contributed by atoms with Crippen molar-refractivity contribution in [1.82, 2.24) is 25.6 Å². The van der Waals surface area contributed by atoms with Crippen molar-refractivity contribution in [3.8, 4) is 5.69 Å². The number of amides is 2. The lowest BCUT2D eigenvalue weighted by molar-refractivity contribution is -0.143. The van der Waals surface area contributed by atoms with Gasteiger partial charge in [-0.15, -0.1) is 5.10 Å². The van der Waals surface area contributed by atoms with Gasteiger partial charge >= 0.3 is 6.18 Å². The van der Waals surface area contributed by atoms with Gasteiger partial charge in [-0.3, -0.25) is 9.59 Å². The number of nitrogens with zero attached hydrogens (tertiary/aromatic N) is 3. The van der Waals surface area contributed by atoms with E-state index in [9.17, 15) is 27.2 Å². The van der Waals surface area contributed by atoms with Crippen LogP contribution in [0.15, 0.2) is 24.3 Å². The lowest BCUT2D eigenvalue weighted by atomic mass is 9.85. The third-order valence-electron chi connectivity index (χ3n) is 5.02. The fourth-order valence-electron chi connectivity index (χ4n) is 3.69. The van der Waals surface area contributed by atoms with Gasteiger partial charge in [0.05, 0.1) is 5.69 Å². The minimum absolute atomic E-state index is 0.0327. The number of hydrogen-bond acceptors (Lipinski definition) is 4. The number of halogens is 4. The molecule has 1 saturated carbocycles. The molecule has 7 nitrogen and oxygen atoms in total. The lowest BCUT2D eigenvalue weighted by Gasteiger charge is -2.29. The third kappa shape index (κ3) is 5.39. The Morgan fingerprint density at radius 1 is 1.23 bits per heavy atom. The number of aromatic nitrogens is 3. The first-order valence-corrected chi connectivity index (χ1v) is 9.96. The van der Waals surface area contributed by atoms with Gasteiger partial charge in [0.25, 0.3) is 5.91 Å². The first kappa shape index (κ1) is 22.7. The van der Waals surface area contributed by atoms with E-state index in [0.717, 1.165) is 12.1 Å². The number of rotatable bonds is 5. The Hall–Kier alpha value is -2.98. The zero-order chi connectivity index (χ0) is 22.8. The smallest absolute Gasteiger partial charge is 0.354 e. The van der Waals surface area contributed by atoms with Crippen LogP contribution in [-0.4, -0.2) is 38.9 Å². The summed E-state index contributed by atoms with van der Waals surface area (Å²) in [6, 6.07) is 3.91. The van der Waals surface area contributed by atoms with E-state index in [-0.39, 0.29) is 23.6 Å². The molecular formula is C20H23F4N5O2. The molecule has 0 aliphatic heterocycles. The van der Waals surface area contributed by atoms with E-state index in [1.165, 1.54) is 12.1 Å². The van der Waals surface area contributed by atoms with E-state index in [2.05, 4.69) is 20.9 Å². The standard InChI is InChI=1S/C20H23F4N5O2/c1-11(2)25-18(30)12-5-3-7-14(9-12)26-19(31)16-17(20(22,23)24)29(28-27-16)15-8-4-6-13(21)10-15/h4,6,8,10-12,14H,3,5,7,9H2,1-2H3,(H,25,30)(H,26,31). The quantitative estimate of drug-likeness (QED) is 0.698. The van der Waals surface area contributed by atoms with Gasteiger partial charge in [-0.05, 0) is 51.3 Å². The Labute approximate surface area is 176 Å². The van der Waals surface area contributed by atoms with Crippen molar-refractivity contribution >= 4 is 11.8 Å². The van der Waals surface area contributed by atoms with E-state index >= 15 is 0 Å². The highest BCUT2D eigenvalue weighted by Crippen LogP contribution is 2.33. The maximum Gasteiger partial charge on any atom is 0.435 e. The molecule has 168 valence electrons. The summed E-state index contributed by atoms with van der Waals surface area (Å²) in [6.45, 7) is 3.67. The molecule has 2 unspecified atom stereocenters. The van der Waals surface area contributed by atoms with Crippen molar-refractivity contribution in [1.29, 1.82) is 0 Å². The summed E-state index contributed by atoms with van der Waals surface area (Å²) in [4.78, 5) is 24.9. The molecular weight excluding hydrogens is 418 g/mol. The van der Waals surface area contributed by atoms with E-state index < -0.39 is 35.3 Å². The molecule has 31 heavy (non-hydrogen) atoms. The minimum atomic E-state index is -4.95. The molecule has 11 heteroatoms. The van der Waals surface area contributed by atoms with Crippen molar-refractivity contribution < 1.29 is 27.2 Å². The summed E-state index contributed by atoms with van der Waals surface area (Å²) in [6.07, 6.45) is -2.78. The van der Waals surface area contributed by atoms with Crippen molar-refractivity contribution in [2.45, 2.75) is 57.8 Å². The van der Waals surface area contributed by atoms with Gasteiger partial charge in [0, 0.05) is 18.0 Å². The molecule has 0 bridgehead atoms. The number of carbonyl (C=O) groups excluding carboxylic acids is 2. The second-order valence-electron chi connectivity index (χ2n) is 7.87. The Morgan fingerprint density at radius 2 is 1.97 bits per heavy atom. The van der Waals surface area contributed by atoms with Crippen molar-refractivity contribution in [3.63, 3.8) is 0 Å². The summed E-state index contributed by atoms with van der Waals surface area (Å²) in [7, 11) is 0. The molecule has 2 atom stereocenters. The summed E-state index contributed by atoms with van der Waals surface area (Å²) < 4.78 is 55.1. The summed E-state index contributed by atoms with van der Waals surface area (Å²) >= 11 is 0. The second-order valence-corrected chi connectivity index (χ2v) is 7.87. The SMILES string of the molecule is CC(C)NC(=O)C1CCCC(NC(=O)c2nnn(-c3cccc(F)c3)c2C(F)(F)F)C1. The maximum atomic E-state index is 13.7. The molecule has 0 saturated heterocycles. The fraction of sp³-hybridized carbons (Fsp3) is 0.500. The number of alkyl halides is 3. The molecule has 0 spiro atoms. The van der Waals surface area contributed by atoms with Gasteiger partial charge in [0.15, 0.2) is 11.4 Å². The van der Waals surface area contributed by atoms with Crippen LogP contribution in [0.4, 0.5) is 17.6 Å². The molecule has 0 radical (unpaired) electrons. The first-order chi connectivity index (χ1) is 14.6. The Bertz CT molecular complexity index is 957. The van der Waals surface area contributed by atoms with Gasteiger partial charge in [0.2, 0.25) is 5.91 Å². The number of benzene rings is 1. The molecule has 1 heterocycles. The van der Waals surface area contributed by atoms with Crippen LogP contribution in [-0.2, 0) is 11.0 Å². The zero-order valence-electron chi connectivity index (χ0n) is 17.0. The Kier molecular flexibility index (Phi) is 6.61. The van der Waals surface area contributed by atoms with Gasteiger partial charge in [-0.25, -0.2) is 9.07 Å². The monoisotopic (exact) mass is 441 g/mol. The van der Waals surface area contributed by atoms with Gasteiger partial charge in [0.1, 0.15) is 5.82 Å². The summed E-state index contributed by atoms with van der Waals surface area (Å²) in [5.41, 5.74) is -2.49. The van der Waals surface area contributed by atoms with Crippen LogP contribution in [0.3, 0.4) is 0 Å². The largest absolute Gasteiger partial charge is 0.435 e. The van der Waals surface area contributed by atoms with Crippen LogP contribution in [0, 0.1) is 11.7 Å². The predicted molar refractivity (Wildman–Crippen MR) is 103 cm³/mol. The molecule has 3 rings (SSSR count). The summed E-state index contributed by atoms with van der Waals surface area (Å²) in [5, 5.41) is 12.2. The van der Waals surface area contributed by atoms with Crippen LogP contribution in [0.2, 0.25) is 0 Å². The van der Waals surface area contributed by atoms with Crippen LogP contribution < -0.4 is 10.6 Å². The van der Waals surface area contributed by atoms with Gasteiger partial charge < -0.3 is 10.6 Å². The molecule has 1 aromatic carbocycles. The van der Waals surface area contributed by atoms with E-state index in [1.807, 2.05) is 13.8 Å². The summed E-state index contributed by atoms with van der Waals surface area (Å²) in [5.74, 6) is -2.25. The number of nitrogens with one attached hydrogen (secondary N) is 2. The van der Waals surface area contributed by atoms with Crippen LogP contribution in [0.25, 0.3) is 5.69 Å². The Morgan fingerprint density at radius 3 is 2.61 bits per heavy atom. The third-order valence-corrected chi connectivity index (χ3v) is 5.02. The van der Waals surface area contributed by atoms with Crippen LogP contribution in [0.1, 0.15) is 55.7 Å². The highest BCUT2D eigenvalue weighted by molar-refractivity contribution is 5.93. The molecule has 1 aliphatic rings. The molecule has 2 amide bonds. The molecule has 1 aliphatic carbocycles. The van der Waals surface area contributed by atoms with Crippen molar-refractivity contribution in [2.75, 3.05) is 0 Å². The topological polar surface area (TPSA) is 88.9 Å². The first-order valence-electron chi connectivity index (χ1n) is 9.96. The van der Waals surface area contributed by atoms with Gasteiger partial charge in [-0.1, -0.05) is 17.7 Å². The average molecular weight is 441 g/mol. The van der Waals surface area contributed by atoms with Crippen molar-refractivity contribution in [2.24, 2.45) is 5.92 Å². The normalized spacial score (nSPS) is 19.3. The van der Waals surface area contributed by atoms with Crippen LogP contribution in [0.5, 0.6) is 0 Å². The molecule has 1 fully saturated rings. The van der Waals surface area contributed by atoms with E-state index in [4.69, 9.17) is 0 Å². The number of hydrogen-bond donors (Lipinski definition) is 2. The van der Waals surface area contributed by atoms with E-state index in [0.29, 0.717) is 30.4 Å². The van der Waals surface area contributed by atoms with E-state index in [1.54, 1.807) is 0 Å². The highest BCUT2D eigenvalue weighted by Gasteiger charge is 2.42. The lowest BCUT2D eigenvalue weighted by Crippen LogP contribution is -2.44. The fourth-order valence-corrected chi connectivity index (χ4v) is 3.69. The maximum absolute atomic E-state index is 13.7. The average Bonchev–Trinajstić information content (AvgIpc) is 3.13. The van der Waals surface area contributed by atoms with Crippen molar-refractivity contribution in [3.05, 3.63) is 41.5 Å². The van der Waals surface area contributed by atoms with Gasteiger partial charge in [-0.2, -0.15) is 13.2 Å². The minimum Gasteiger partial charge on any atom is -0.354 e. The predicted octanol–water partition coefficient (Wildman–Crippen LogP) is 3.24.